The SMILES string of the molecule is CCOP(=O)(CCCCCCCN1C(=O)/C(=C/c2cc(C(C)(C)C)c(O)c(C(C)(C)C)c2)Sc2ccccc21)OCC. The van der Waals surface area contributed by atoms with Crippen LogP contribution in [-0.2, 0) is 29.2 Å². The van der Waals surface area contributed by atoms with Gasteiger partial charge in [-0.3, -0.25) is 9.36 Å². The highest BCUT2D eigenvalue weighted by Gasteiger charge is 2.30. The normalized spacial score (nSPS) is 15.4. The topological polar surface area (TPSA) is 76.1 Å². The van der Waals surface area contributed by atoms with Gasteiger partial charge in [0.25, 0.3) is 5.91 Å². The summed E-state index contributed by atoms with van der Waals surface area (Å²) in [5, 5.41) is 11.1. The number of nitrogens with zero attached hydrogens (tertiary/aromatic N) is 1. The smallest absolute Gasteiger partial charge is 0.330 e. The molecule has 0 saturated carbocycles. The van der Waals surface area contributed by atoms with E-state index in [4.69, 9.17) is 9.05 Å². The van der Waals surface area contributed by atoms with Gasteiger partial charge in [-0.1, -0.05) is 84.7 Å². The maximum atomic E-state index is 13.9. The second kappa shape index (κ2) is 14.6. The van der Waals surface area contributed by atoms with E-state index in [2.05, 4.69) is 47.6 Å². The number of para-hydroxylation sites is 1. The van der Waals surface area contributed by atoms with Crippen molar-refractivity contribution in [2.75, 3.05) is 30.8 Å². The van der Waals surface area contributed by atoms with E-state index in [-0.39, 0.29) is 16.7 Å². The average molecular weight is 616 g/mol. The van der Waals surface area contributed by atoms with Crippen LogP contribution >= 0.6 is 19.4 Å². The molecule has 1 heterocycles. The lowest BCUT2D eigenvalue weighted by Crippen LogP contribution is -2.35. The first-order chi connectivity index (χ1) is 19.7. The highest BCUT2D eigenvalue weighted by molar-refractivity contribution is 8.04. The minimum absolute atomic E-state index is 0.00996. The van der Waals surface area contributed by atoms with Crippen LogP contribution < -0.4 is 4.90 Å². The van der Waals surface area contributed by atoms with Crippen molar-refractivity contribution < 1.29 is 23.5 Å². The van der Waals surface area contributed by atoms with Crippen LogP contribution in [0.4, 0.5) is 5.69 Å². The summed E-state index contributed by atoms with van der Waals surface area (Å²) >= 11 is 1.51. The Morgan fingerprint density at radius 2 is 1.43 bits per heavy atom. The van der Waals surface area contributed by atoms with Crippen LogP contribution in [0.1, 0.15) is 104 Å². The van der Waals surface area contributed by atoms with Gasteiger partial charge in [0.05, 0.1) is 30.0 Å². The molecular weight excluding hydrogens is 565 g/mol. The molecule has 0 bridgehead atoms. The number of amides is 1. The second-order valence-electron chi connectivity index (χ2n) is 12.9. The van der Waals surface area contributed by atoms with Crippen molar-refractivity contribution in [2.24, 2.45) is 0 Å². The largest absolute Gasteiger partial charge is 0.507 e. The van der Waals surface area contributed by atoms with Crippen molar-refractivity contribution in [3.05, 3.63) is 58.0 Å². The van der Waals surface area contributed by atoms with Crippen molar-refractivity contribution in [3.63, 3.8) is 0 Å². The fourth-order valence-electron chi connectivity index (χ4n) is 5.18. The van der Waals surface area contributed by atoms with Gasteiger partial charge in [0, 0.05) is 22.6 Å². The summed E-state index contributed by atoms with van der Waals surface area (Å²) < 4.78 is 23.5. The van der Waals surface area contributed by atoms with E-state index in [9.17, 15) is 14.5 Å². The third-order valence-corrected chi connectivity index (χ3v) is 10.6. The number of fused-ring (bicyclic) bond motifs is 1. The summed E-state index contributed by atoms with van der Waals surface area (Å²) in [7, 11) is -2.98. The van der Waals surface area contributed by atoms with Gasteiger partial charge in [0.1, 0.15) is 5.75 Å². The predicted octanol–water partition coefficient (Wildman–Crippen LogP) is 9.68. The number of benzene rings is 2. The Kier molecular flexibility index (Phi) is 12.0. The van der Waals surface area contributed by atoms with E-state index in [1.54, 1.807) is 0 Å². The molecule has 8 heteroatoms. The molecule has 1 aliphatic rings. The summed E-state index contributed by atoms with van der Waals surface area (Å²) in [5.41, 5.74) is 3.15. The minimum Gasteiger partial charge on any atom is -0.507 e. The standard InChI is InChI=1S/C34H50NO5PS/c1-9-39-41(38,40-10-2)21-17-13-11-12-16-20-35-28-18-14-15-19-29(28)42-30(32(35)37)24-25-22-26(33(3,4)5)31(36)27(23-25)34(6,7)8/h14-15,18-19,22-24,36H,9-13,16-17,20-21H2,1-8H3/b30-24-. The minimum atomic E-state index is -2.98. The van der Waals surface area contributed by atoms with Crippen LogP contribution in [0, 0.1) is 0 Å². The van der Waals surface area contributed by atoms with Crippen molar-refractivity contribution in [3.8, 4) is 5.75 Å². The molecule has 1 aliphatic heterocycles. The molecule has 2 aromatic rings. The first-order valence-corrected chi connectivity index (χ1v) is 17.8. The van der Waals surface area contributed by atoms with Gasteiger partial charge in [-0.2, -0.15) is 0 Å². The van der Waals surface area contributed by atoms with E-state index in [0.29, 0.717) is 36.6 Å². The lowest BCUT2D eigenvalue weighted by molar-refractivity contribution is -0.114. The van der Waals surface area contributed by atoms with E-state index in [0.717, 1.165) is 59.4 Å². The highest BCUT2D eigenvalue weighted by Crippen LogP contribution is 2.49. The molecular formula is C34H50NO5PS. The van der Waals surface area contributed by atoms with Crippen LogP contribution in [0.15, 0.2) is 46.2 Å². The van der Waals surface area contributed by atoms with Crippen molar-refractivity contribution in [1.82, 2.24) is 0 Å². The predicted molar refractivity (Wildman–Crippen MR) is 177 cm³/mol. The van der Waals surface area contributed by atoms with Crippen LogP contribution in [0.3, 0.4) is 0 Å². The Bertz CT molecular complexity index is 1260. The molecule has 0 saturated heterocycles. The Labute approximate surface area is 257 Å². The average Bonchev–Trinajstić information content (AvgIpc) is 2.89. The van der Waals surface area contributed by atoms with Gasteiger partial charge in [0.2, 0.25) is 0 Å². The summed E-state index contributed by atoms with van der Waals surface area (Å²) in [4.78, 5) is 17.5. The molecule has 0 fully saturated rings. The quantitative estimate of drug-likeness (QED) is 0.137. The summed E-state index contributed by atoms with van der Waals surface area (Å²) in [6, 6.07) is 12.1. The number of hydrogen-bond donors (Lipinski definition) is 1. The molecule has 0 spiro atoms. The molecule has 1 amide bonds. The fraction of sp³-hybridized carbons (Fsp3) is 0.559. The van der Waals surface area contributed by atoms with E-state index in [1.807, 2.05) is 55.2 Å². The number of hydrogen-bond acceptors (Lipinski definition) is 6. The third kappa shape index (κ3) is 8.98. The van der Waals surface area contributed by atoms with E-state index in [1.165, 1.54) is 11.8 Å². The molecule has 42 heavy (non-hydrogen) atoms. The Morgan fingerprint density at radius 1 is 0.881 bits per heavy atom. The van der Waals surface area contributed by atoms with E-state index < -0.39 is 7.60 Å². The van der Waals surface area contributed by atoms with Crippen LogP contribution in [0.5, 0.6) is 5.75 Å². The highest BCUT2D eigenvalue weighted by atomic mass is 32.2. The van der Waals surface area contributed by atoms with Crippen LogP contribution in [0.2, 0.25) is 0 Å². The molecule has 0 atom stereocenters. The molecule has 0 unspecified atom stereocenters. The number of rotatable bonds is 13. The van der Waals surface area contributed by atoms with Crippen molar-refractivity contribution in [1.29, 1.82) is 0 Å². The van der Waals surface area contributed by atoms with Gasteiger partial charge in [-0.15, -0.1) is 0 Å². The number of carbonyl (C=O) groups excluding carboxylic acids is 1. The monoisotopic (exact) mass is 615 g/mol. The zero-order valence-electron chi connectivity index (χ0n) is 26.8. The van der Waals surface area contributed by atoms with Crippen LogP contribution in [0.25, 0.3) is 6.08 Å². The first-order valence-electron chi connectivity index (χ1n) is 15.3. The molecule has 0 radical (unpaired) electrons. The summed E-state index contributed by atoms with van der Waals surface area (Å²) in [6.45, 7) is 17.7. The molecule has 2 aromatic carbocycles. The Hall–Kier alpha value is -2.05. The number of aromatic hydroxyl groups is 1. The summed E-state index contributed by atoms with van der Waals surface area (Å²) in [6.07, 6.45) is 7.03. The van der Waals surface area contributed by atoms with Crippen molar-refractivity contribution >= 4 is 37.0 Å². The third-order valence-electron chi connectivity index (χ3n) is 7.34. The van der Waals surface area contributed by atoms with Gasteiger partial charge in [0.15, 0.2) is 0 Å². The fourth-order valence-corrected chi connectivity index (χ4v) is 7.97. The maximum absolute atomic E-state index is 13.9. The summed E-state index contributed by atoms with van der Waals surface area (Å²) in [5.74, 6) is 0.348. The van der Waals surface area contributed by atoms with Gasteiger partial charge >= 0.3 is 7.60 Å². The van der Waals surface area contributed by atoms with E-state index >= 15 is 0 Å². The maximum Gasteiger partial charge on any atom is 0.330 e. The first kappa shape index (κ1) is 34.4. The number of anilines is 1. The molecule has 232 valence electrons. The van der Waals surface area contributed by atoms with Gasteiger partial charge in [-0.25, -0.2) is 0 Å². The number of phenols is 1. The zero-order valence-corrected chi connectivity index (χ0v) is 28.5. The lowest BCUT2D eigenvalue weighted by atomic mass is 9.78. The number of phenolic OH excluding ortho intramolecular Hbond substituents is 1. The zero-order chi connectivity index (χ0) is 31.1. The second-order valence-corrected chi connectivity index (χ2v) is 16.2. The molecule has 0 aromatic heterocycles. The molecule has 3 rings (SSSR count). The lowest BCUT2D eigenvalue weighted by Gasteiger charge is -2.31. The van der Waals surface area contributed by atoms with Crippen molar-refractivity contribution in [2.45, 2.75) is 103 Å². The van der Waals surface area contributed by atoms with Gasteiger partial charge < -0.3 is 19.1 Å². The molecule has 1 N–H and O–H groups in total. The number of unbranched alkanes of at least 4 members (excludes halogenated alkanes) is 4. The number of thioether (sulfide) groups is 1. The molecule has 0 aliphatic carbocycles. The molecule has 6 nitrogen and oxygen atoms in total. The Morgan fingerprint density at radius 3 is 2.00 bits per heavy atom. The number of carbonyl (C=O) groups is 1. The van der Waals surface area contributed by atoms with Crippen LogP contribution in [-0.4, -0.2) is 36.9 Å². The Balaban J connectivity index is 1.75. The van der Waals surface area contributed by atoms with Gasteiger partial charge in [-0.05, 0) is 73.4 Å².